The van der Waals surface area contributed by atoms with Gasteiger partial charge < -0.3 is 14.7 Å². The van der Waals surface area contributed by atoms with E-state index in [1.165, 1.54) is 16.0 Å². The second-order valence-electron chi connectivity index (χ2n) is 6.02. The van der Waals surface area contributed by atoms with E-state index in [0.29, 0.717) is 24.8 Å². The third-order valence-corrected chi connectivity index (χ3v) is 4.23. The van der Waals surface area contributed by atoms with E-state index in [1.807, 2.05) is 30.3 Å². The van der Waals surface area contributed by atoms with Crippen LogP contribution in [0.1, 0.15) is 16.7 Å². The molecule has 3 nitrogen and oxygen atoms in total. The summed E-state index contributed by atoms with van der Waals surface area (Å²) >= 11 is 6.08. The van der Waals surface area contributed by atoms with Crippen LogP contribution in [0, 0.1) is 6.92 Å². The van der Waals surface area contributed by atoms with E-state index >= 15 is 0 Å². The fourth-order valence-corrected chi connectivity index (χ4v) is 2.78. The van der Waals surface area contributed by atoms with E-state index in [0.717, 1.165) is 12.1 Å². The first-order valence-electron chi connectivity index (χ1n) is 7.91. The number of aliphatic hydroxyl groups is 1. The highest BCUT2D eigenvalue weighted by molar-refractivity contribution is 6.31. The molecule has 0 radical (unpaired) electrons. The molecule has 0 fully saturated rings. The first kappa shape index (κ1) is 18.0. The molecular weight excluding hydrogens is 310 g/mol. The lowest BCUT2D eigenvalue weighted by molar-refractivity contribution is -0.897. The molecule has 0 saturated carbocycles. The molecule has 2 rings (SSSR count). The van der Waals surface area contributed by atoms with E-state index in [1.54, 1.807) is 0 Å². The summed E-state index contributed by atoms with van der Waals surface area (Å²) in [7, 11) is 2.09. The van der Waals surface area contributed by atoms with Gasteiger partial charge in [-0.2, -0.15) is 0 Å². The van der Waals surface area contributed by atoms with Crippen LogP contribution >= 0.6 is 11.6 Å². The molecule has 0 aliphatic rings. The highest BCUT2D eigenvalue weighted by Crippen LogP contribution is 2.15. The Morgan fingerprint density at radius 3 is 2.43 bits per heavy atom. The topological polar surface area (TPSA) is 33.9 Å². The third kappa shape index (κ3) is 5.96. The van der Waals surface area contributed by atoms with Gasteiger partial charge in [-0.05, 0) is 24.1 Å². The molecule has 0 bridgehead atoms. The number of halogens is 1. The van der Waals surface area contributed by atoms with Crippen LogP contribution in [-0.4, -0.2) is 31.4 Å². The average molecular weight is 335 g/mol. The van der Waals surface area contributed by atoms with Crippen molar-refractivity contribution in [3.63, 3.8) is 0 Å². The SMILES string of the molecule is Cc1ccccc1C[NH+](C)C[C@H](O)COCc1ccccc1Cl. The molecule has 1 unspecified atom stereocenters. The zero-order valence-electron chi connectivity index (χ0n) is 13.8. The lowest BCUT2D eigenvalue weighted by Gasteiger charge is -2.19. The summed E-state index contributed by atoms with van der Waals surface area (Å²) in [5.41, 5.74) is 3.55. The number of likely N-dealkylation sites (N-methyl/N-ethyl adjacent to an activating group) is 1. The normalized spacial score (nSPS) is 13.7. The monoisotopic (exact) mass is 334 g/mol. The van der Waals surface area contributed by atoms with Gasteiger partial charge in [0.1, 0.15) is 19.2 Å². The van der Waals surface area contributed by atoms with Crippen LogP contribution in [0.25, 0.3) is 0 Å². The highest BCUT2D eigenvalue weighted by atomic mass is 35.5. The zero-order chi connectivity index (χ0) is 16.7. The molecule has 2 aromatic rings. The van der Waals surface area contributed by atoms with Gasteiger partial charge in [-0.25, -0.2) is 0 Å². The van der Waals surface area contributed by atoms with E-state index in [2.05, 4.69) is 32.2 Å². The maximum atomic E-state index is 10.1. The molecular formula is C19H25ClNO2+. The number of aryl methyl sites for hydroxylation is 1. The van der Waals surface area contributed by atoms with E-state index in [4.69, 9.17) is 16.3 Å². The summed E-state index contributed by atoms with van der Waals surface area (Å²) in [5.74, 6) is 0. The van der Waals surface area contributed by atoms with Crippen molar-refractivity contribution in [1.82, 2.24) is 0 Å². The van der Waals surface area contributed by atoms with Crippen LogP contribution in [0.15, 0.2) is 48.5 Å². The smallest absolute Gasteiger partial charge is 0.126 e. The Morgan fingerprint density at radius 2 is 1.74 bits per heavy atom. The van der Waals surface area contributed by atoms with Crippen LogP contribution < -0.4 is 4.90 Å². The molecule has 124 valence electrons. The van der Waals surface area contributed by atoms with Gasteiger partial charge in [-0.3, -0.25) is 0 Å². The molecule has 0 aliphatic heterocycles. The number of quaternary nitrogens is 1. The summed E-state index contributed by atoms with van der Waals surface area (Å²) in [5, 5.41) is 10.8. The highest BCUT2D eigenvalue weighted by Gasteiger charge is 2.13. The number of hydrogen-bond acceptors (Lipinski definition) is 2. The predicted octanol–water partition coefficient (Wildman–Crippen LogP) is 2.24. The predicted molar refractivity (Wildman–Crippen MR) is 93.8 cm³/mol. The standard InChI is InChI=1S/C19H24ClNO2/c1-15-7-3-4-8-16(15)11-21(2)12-18(22)14-23-13-17-9-5-6-10-19(17)20/h3-10,18,22H,11-14H2,1-2H3/p+1/t18-/m0/s1. The molecule has 4 heteroatoms. The van der Waals surface area contributed by atoms with Crippen molar-refractivity contribution in [2.45, 2.75) is 26.2 Å². The molecule has 0 aliphatic carbocycles. The van der Waals surface area contributed by atoms with Gasteiger partial charge in [0.25, 0.3) is 0 Å². The lowest BCUT2D eigenvalue weighted by atomic mass is 10.1. The fourth-order valence-electron chi connectivity index (χ4n) is 2.59. The minimum atomic E-state index is -0.485. The Morgan fingerprint density at radius 1 is 1.09 bits per heavy atom. The molecule has 0 amide bonds. The maximum absolute atomic E-state index is 10.1. The van der Waals surface area contributed by atoms with E-state index < -0.39 is 6.10 Å². The molecule has 0 saturated heterocycles. The van der Waals surface area contributed by atoms with Crippen LogP contribution in [-0.2, 0) is 17.9 Å². The molecule has 0 aromatic heterocycles. The fraction of sp³-hybridized carbons (Fsp3) is 0.368. The number of rotatable bonds is 8. The van der Waals surface area contributed by atoms with Crippen molar-refractivity contribution in [3.8, 4) is 0 Å². The van der Waals surface area contributed by atoms with Crippen molar-refractivity contribution in [3.05, 3.63) is 70.2 Å². The van der Waals surface area contributed by atoms with Gasteiger partial charge in [0.15, 0.2) is 0 Å². The Hall–Kier alpha value is -1.39. The molecule has 0 spiro atoms. The van der Waals surface area contributed by atoms with Crippen LogP contribution in [0.5, 0.6) is 0 Å². The Kier molecular flexibility index (Phi) is 7.06. The molecule has 2 aromatic carbocycles. The van der Waals surface area contributed by atoms with Gasteiger partial charge in [0.2, 0.25) is 0 Å². The quantitative estimate of drug-likeness (QED) is 0.776. The summed E-state index contributed by atoms with van der Waals surface area (Å²) in [4.78, 5) is 1.26. The van der Waals surface area contributed by atoms with Crippen molar-refractivity contribution < 1.29 is 14.7 Å². The minimum Gasteiger partial charge on any atom is -0.385 e. The lowest BCUT2D eigenvalue weighted by Crippen LogP contribution is -3.09. The summed E-state index contributed by atoms with van der Waals surface area (Å²) < 4.78 is 5.59. The number of nitrogens with one attached hydrogen (secondary N) is 1. The Bertz CT molecular complexity index is 618. The second-order valence-corrected chi connectivity index (χ2v) is 6.43. The molecule has 0 heterocycles. The van der Waals surface area contributed by atoms with E-state index in [-0.39, 0.29) is 0 Å². The molecule has 2 atom stereocenters. The summed E-state index contributed by atoms with van der Waals surface area (Å²) in [6.07, 6.45) is -0.485. The van der Waals surface area contributed by atoms with Gasteiger partial charge in [-0.15, -0.1) is 0 Å². The first-order chi connectivity index (χ1) is 11.1. The summed E-state index contributed by atoms with van der Waals surface area (Å²) in [6.45, 7) is 4.40. The maximum Gasteiger partial charge on any atom is 0.126 e. The summed E-state index contributed by atoms with van der Waals surface area (Å²) in [6, 6.07) is 16.0. The van der Waals surface area contributed by atoms with Gasteiger partial charge >= 0.3 is 0 Å². The Labute approximate surface area is 143 Å². The van der Waals surface area contributed by atoms with Gasteiger partial charge in [0.05, 0.1) is 20.3 Å². The van der Waals surface area contributed by atoms with Crippen LogP contribution in [0.2, 0.25) is 5.02 Å². The number of ether oxygens (including phenoxy) is 1. The second kappa shape index (κ2) is 9.04. The largest absolute Gasteiger partial charge is 0.385 e. The van der Waals surface area contributed by atoms with Crippen molar-refractivity contribution in [2.75, 3.05) is 20.2 Å². The first-order valence-corrected chi connectivity index (χ1v) is 8.29. The average Bonchev–Trinajstić information content (AvgIpc) is 2.51. The van der Waals surface area contributed by atoms with E-state index in [9.17, 15) is 5.11 Å². The minimum absolute atomic E-state index is 0.316. The number of benzene rings is 2. The van der Waals surface area contributed by atoms with Crippen molar-refractivity contribution in [2.24, 2.45) is 0 Å². The van der Waals surface area contributed by atoms with Gasteiger partial charge in [-0.1, -0.05) is 54.1 Å². The van der Waals surface area contributed by atoms with Crippen molar-refractivity contribution >= 4 is 11.6 Å². The Balaban J connectivity index is 1.73. The number of hydrogen-bond donors (Lipinski definition) is 2. The van der Waals surface area contributed by atoms with Gasteiger partial charge in [0, 0.05) is 10.6 Å². The molecule has 2 N–H and O–H groups in total. The van der Waals surface area contributed by atoms with Crippen molar-refractivity contribution in [1.29, 1.82) is 0 Å². The third-order valence-electron chi connectivity index (χ3n) is 3.86. The van der Waals surface area contributed by atoms with Crippen LogP contribution in [0.4, 0.5) is 0 Å². The zero-order valence-corrected chi connectivity index (χ0v) is 14.5. The van der Waals surface area contributed by atoms with Crippen LogP contribution in [0.3, 0.4) is 0 Å². The number of aliphatic hydroxyl groups excluding tert-OH is 1. The molecule has 23 heavy (non-hydrogen) atoms.